The highest BCUT2D eigenvalue weighted by molar-refractivity contribution is 5.33. The van der Waals surface area contributed by atoms with Gasteiger partial charge in [-0.05, 0) is 43.1 Å². The van der Waals surface area contributed by atoms with Crippen LogP contribution < -0.4 is 10.1 Å². The van der Waals surface area contributed by atoms with Crippen molar-refractivity contribution in [2.75, 3.05) is 6.54 Å². The van der Waals surface area contributed by atoms with Crippen LogP contribution in [0.25, 0.3) is 5.69 Å². The lowest BCUT2D eigenvalue weighted by Gasteiger charge is -2.17. The van der Waals surface area contributed by atoms with E-state index in [-0.39, 0.29) is 12.3 Å². The zero-order chi connectivity index (χ0) is 18.8. The molecule has 0 fully saturated rings. The number of hydrogen-bond donors (Lipinski definition) is 1. The molecule has 140 valence electrons. The van der Waals surface area contributed by atoms with Gasteiger partial charge in [0.1, 0.15) is 18.0 Å². The minimum atomic E-state index is -2.61. The van der Waals surface area contributed by atoms with E-state index in [1.807, 2.05) is 19.2 Å². The minimum Gasteiger partial charge on any atom is -0.471 e. The molecule has 0 saturated carbocycles. The quantitative estimate of drug-likeness (QED) is 0.742. The standard InChI is InChI=1S/C18H18F2N6O/c1-11-16(10-27-17-6-12-4-5-21-7-13(12)8-23-17)26(25-24-11)14-2-3-15(18(19)20)22-9-14/h2-3,6,8-9,18,21H,4-5,7,10H2,1H3. The lowest BCUT2D eigenvalue weighted by Crippen LogP contribution is -2.23. The topological polar surface area (TPSA) is 77.8 Å². The summed E-state index contributed by atoms with van der Waals surface area (Å²) < 4.78 is 32.8. The van der Waals surface area contributed by atoms with Crippen molar-refractivity contribution in [2.24, 2.45) is 0 Å². The zero-order valence-corrected chi connectivity index (χ0v) is 14.7. The number of nitrogens with zero attached hydrogens (tertiary/aromatic N) is 5. The second-order valence-corrected chi connectivity index (χ2v) is 6.28. The highest BCUT2D eigenvalue weighted by Gasteiger charge is 2.15. The molecule has 9 heteroatoms. The number of halogens is 2. The number of alkyl halides is 2. The maximum Gasteiger partial charge on any atom is 0.280 e. The van der Waals surface area contributed by atoms with Gasteiger partial charge in [-0.3, -0.25) is 4.98 Å². The lowest BCUT2D eigenvalue weighted by molar-refractivity contribution is 0.146. The van der Waals surface area contributed by atoms with E-state index in [2.05, 4.69) is 25.6 Å². The van der Waals surface area contributed by atoms with Gasteiger partial charge in [0.05, 0.1) is 17.6 Å². The lowest BCUT2D eigenvalue weighted by atomic mass is 10.0. The van der Waals surface area contributed by atoms with E-state index in [4.69, 9.17) is 4.74 Å². The number of hydrogen-bond acceptors (Lipinski definition) is 6. The maximum absolute atomic E-state index is 12.7. The predicted molar refractivity (Wildman–Crippen MR) is 92.8 cm³/mol. The van der Waals surface area contributed by atoms with Gasteiger partial charge >= 0.3 is 0 Å². The molecule has 0 radical (unpaired) electrons. The van der Waals surface area contributed by atoms with Crippen molar-refractivity contribution in [1.82, 2.24) is 30.3 Å². The Kier molecular flexibility index (Phi) is 4.76. The molecule has 3 aromatic rings. The normalized spacial score (nSPS) is 13.6. The minimum absolute atomic E-state index is 0.208. The van der Waals surface area contributed by atoms with Gasteiger partial charge in [-0.15, -0.1) is 5.10 Å². The molecule has 0 aromatic carbocycles. The summed E-state index contributed by atoms with van der Waals surface area (Å²) >= 11 is 0. The molecular weight excluding hydrogens is 354 g/mol. The van der Waals surface area contributed by atoms with Crippen molar-refractivity contribution in [3.63, 3.8) is 0 Å². The van der Waals surface area contributed by atoms with Crippen LogP contribution in [0.15, 0.2) is 30.6 Å². The van der Waals surface area contributed by atoms with Gasteiger partial charge < -0.3 is 10.1 Å². The molecule has 0 atom stereocenters. The Hall–Kier alpha value is -2.94. The average Bonchev–Trinajstić information content (AvgIpc) is 3.06. The maximum atomic E-state index is 12.7. The van der Waals surface area contributed by atoms with Crippen LogP contribution in [0, 0.1) is 6.92 Å². The molecule has 0 bridgehead atoms. The molecule has 0 unspecified atom stereocenters. The first-order chi connectivity index (χ1) is 13.1. The van der Waals surface area contributed by atoms with E-state index >= 15 is 0 Å². The Labute approximate surface area is 154 Å². The van der Waals surface area contributed by atoms with Gasteiger partial charge in [0.25, 0.3) is 6.43 Å². The number of fused-ring (bicyclic) bond motifs is 1. The van der Waals surface area contributed by atoms with E-state index in [0.29, 0.717) is 23.0 Å². The first-order valence-electron chi connectivity index (χ1n) is 8.59. The molecule has 1 aliphatic rings. The average molecular weight is 372 g/mol. The summed E-state index contributed by atoms with van der Waals surface area (Å²) in [5.74, 6) is 0.536. The van der Waals surface area contributed by atoms with Crippen LogP contribution >= 0.6 is 0 Å². The molecule has 27 heavy (non-hydrogen) atoms. The Morgan fingerprint density at radius 1 is 1.22 bits per heavy atom. The number of aryl methyl sites for hydroxylation is 1. The summed E-state index contributed by atoms with van der Waals surface area (Å²) in [7, 11) is 0. The van der Waals surface area contributed by atoms with Crippen molar-refractivity contribution < 1.29 is 13.5 Å². The summed E-state index contributed by atoms with van der Waals surface area (Å²) in [5.41, 5.74) is 4.08. The van der Waals surface area contributed by atoms with Gasteiger partial charge in [-0.25, -0.2) is 18.4 Å². The smallest absolute Gasteiger partial charge is 0.280 e. The van der Waals surface area contributed by atoms with E-state index in [9.17, 15) is 8.78 Å². The highest BCUT2D eigenvalue weighted by atomic mass is 19.3. The van der Waals surface area contributed by atoms with Crippen LogP contribution in [0.5, 0.6) is 5.88 Å². The van der Waals surface area contributed by atoms with Crippen molar-refractivity contribution in [2.45, 2.75) is 32.9 Å². The largest absolute Gasteiger partial charge is 0.471 e. The molecule has 1 aliphatic heterocycles. The first kappa shape index (κ1) is 17.5. The highest BCUT2D eigenvalue weighted by Crippen LogP contribution is 2.21. The van der Waals surface area contributed by atoms with E-state index < -0.39 is 6.43 Å². The van der Waals surface area contributed by atoms with E-state index in [1.54, 1.807) is 4.68 Å². The summed E-state index contributed by atoms with van der Waals surface area (Å²) in [5, 5.41) is 11.4. The van der Waals surface area contributed by atoms with Gasteiger partial charge in [-0.2, -0.15) is 0 Å². The third-order valence-electron chi connectivity index (χ3n) is 4.50. The number of ether oxygens (including phenoxy) is 1. The Bertz CT molecular complexity index is 942. The molecule has 3 aromatic heterocycles. The molecule has 4 rings (SSSR count). The Balaban J connectivity index is 1.54. The monoisotopic (exact) mass is 372 g/mol. The predicted octanol–water partition coefficient (Wildman–Crippen LogP) is 2.53. The molecule has 7 nitrogen and oxygen atoms in total. The molecule has 0 spiro atoms. The van der Waals surface area contributed by atoms with Crippen LogP contribution in [0.4, 0.5) is 8.78 Å². The zero-order valence-electron chi connectivity index (χ0n) is 14.7. The number of nitrogens with one attached hydrogen (secondary N) is 1. The van der Waals surface area contributed by atoms with Gasteiger partial charge in [0, 0.05) is 18.8 Å². The van der Waals surface area contributed by atoms with E-state index in [0.717, 1.165) is 19.5 Å². The number of aromatic nitrogens is 5. The van der Waals surface area contributed by atoms with Crippen molar-refractivity contribution in [1.29, 1.82) is 0 Å². The summed E-state index contributed by atoms with van der Waals surface area (Å²) in [6.45, 7) is 3.78. The fourth-order valence-corrected chi connectivity index (χ4v) is 2.96. The molecule has 1 N–H and O–H groups in total. The molecular formula is C18H18F2N6O. The second kappa shape index (κ2) is 7.36. The Morgan fingerprint density at radius 3 is 2.89 bits per heavy atom. The fraction of sp³-hybridized carbons (Fsp3) is 0.333. The van der Waals surface area contributed by atoms with Crippen LogP contribution in [-0.4, -0.2) is 31.5 Å². The SMILES string of the molecule is Cc1nnn(-c2ccc(C(F)F)nc2)c1COc1cc2c(cn1)CNCC2. The van der Waals surface area contributed by atoms with Crippen molar-refractivity contribution >= 4 is 0 Å². The molecule has 4 heterocycles. The number of pyridine rings is 2. The van der Waals surface area contributed by atoms with Crippen molar-refractivity contribution in [3.8, 4) is 11.6 Å². The van der Waals surface area contributed by atoms with Crippen LogP contribution in [0.1, 0.15) is 34.6 Å². The molecule has 0 aliphatic carbocycles. The van der Waals surface area contributed by atoms with Gasteiger partial charge in [0.2, 0.25) is 5.88 Å². The first-order valence-corrected chi connectivity index (χ1v) is 8.59. The van der Waals surface area contributed by atoms with Crippen LogP contribution in [0.2, 0.25) is 0 Å². The molecule has 0 saturated heterocycles. The van der Waals surface area contributed by atoms with Gasteiger partial charge in [-0.1, -0.05) is 5.21 Å². The van der Waals surface area contributed by atoms with Gasteiger partial charge in [0.15, 0.2) is 0 Å². The number of rotatable bonds is 5. The Morgan fingerprint density at radius 2 is 2.11 bits per heavy atom. The van der Waals surface area contributed by atoms with Crippen LogP contribution in [0.3, 0.4) is 0 Å². The summed E-state index contributed by atoms with van der Waals surface area (Å²) in [6.07, 6.45) is 1.51. The third-order valence-corrected chi connectivity index (χ3v) is 4.50. The molecule has 0 amide bonds. The third kappa shape index (κ3) is 3.63. The van der Waals surface area contributed by atoms with Crippen molar-refractivity contribution in [3.05, 3.63) is 58.8 Å². The summed E-state index contributed by atoms with van der Waals surface area (Å²) in [6, 6.07) is 4.77. The summed E-state index contributed by atoms with van der Waals surface area (Å²) in [4.78, 5) is 8.12. The van der Waals surface area contributed by atoms with E-state index in [1.165, 1.54) is 29.5 Å². The van der Waals surface area contributed by atoms with Crippen LogP contribution in [-0.2, 0) is 19.6 Å². The fourth-order valence-electron chi connectivity index (χ4n) is 2.96. The second-order valence-electron chi connectivity index (χ2n) is 6.28.